The lowest BCUT2D eigenvalue weighted by atomic mass is 10.0. The van der Waals surface area contributed by atoms with Gasteiger partial charge in [-0.1, -0.05) is 30.3 Å². The van der Waals surface area contributed by atoms with Crippen LogP contribution in [-0.4, -0.2) is 15.8 Å². The summed E-state index contributed by atoms with van der Waals surface area (Å²) in [5, 5.41) is 4.15. The number of nitrogens with zero attached hydrogens (tertiary/aromatic N) is 2. The second-order valence-electron chi connectivity index (χ2n) is 4.06. The maximum Gasteiger partial charge on any atom is 0.339 e. The van der Waals surface area contributed by atoms with Crippen molar-refractivity contribution in [2.75, 3.05) is 0 Å². The number of primary amides is 1. The van der Waals surface area contributed by atoms with Crippen LogP contribution in [0.15, 0.2) is 30.3 Å². The Hall–Kier alpha value is -2.10. The fourth-order valence-corrected chi connectivity index (χ4v) is 1.95. The molecule has 0 radical (unpaired) electrons. The Morgan fingerprint density at radius 1 is 1.29 bits per heavy atom. The Labute approximate surface area is 100 Å². The van der Waals surface area contributed by atoms with Crippen molar-refractivity contribution in [1.82, 2.24) is 9.78 Å². The Morgan fingerprint density at radius 2 is 1.94 bits per heavy atom. The lowest BCUT2D eigenvalue weighted by Gasteiger charge is -2.02. The smallest absolute Gasteiger partial charge is 0.339 e. The molecule has 1 amide bonds. The fraction of sp³-hybridized carbons (Fsp3) is 0.231. The van der Waals surface area contributed by atoms with E-state index >= 15 is 0 Å². The molecule has 0 aliphatic rings. The molecule has 2 rings (SSSR count). The molecular formula is C13H15N3O. The predicted molar refractivity (Wildman–Crippen MR) is 65.9 cm³/mol. The zero-order valence-corrected chi connectivity index (χ0v) is 9.97. The van der Waals surface area contributed by atoms with Gasteiger partial charge in [0.15, 0.2) is 0 Å². The molecule has 0 unspecified atom stereocenters. The molecule has 4 heteroatoms. The normalized spacial score (nSPS) is 10.5. The fourth-order valence-electron chi connectivity index (χ4n) is 1.95. The Morgan fingerprint density at radius 3 is 2.47 bits per heavy atom. The highest BCUT2D eigenvalue weighted by atomic mass is 16.2. The number of nitrogens with two attached hydrogens (primary N) is 1. The molecule has 0 bridgehead atoms. The molecular weight excluding hydrogens is 214 g/mol. The monoisotopic (exact) mass is 229 g/mol. The number of hydrogen-bond acceptors (Lipinski definition) is 2. The molecule has 0 saturated carbocycles. The lowest BCUT2D eigenvalue weighted by Crippen LogP contribution is -2.22. The van der Waals surface area contributed by atoms with E-state index in [1.54, 1.807) is 0 Å². The van der Waals surface area contributed by atoms with Gasteiger partial charge in [-0.15, -0.1) is 0 Å². The molecule has 0 saturated heterocycles. The third kappa shape index (κ3) is 2.20. The largest absolute Gasteiger partial charge is 0.350 e. The minimum Gasteiger partial charge on any atom is -0.350 e. The maximum absolute atomic E-state index is 11.2. The molecule has 1 heterocycles. The summed E-state index contributed by atoms with van der Waals surface area (Å²) < 4.78 is 1.26. The molecule has 0 fully saturated rings. The second kappa shape index (κ2) is 4.41. The van der Waals surface area contributed by atoms with Crippen LogP contribution in [0.5, 0.6) is 0 Å². The van der Waals surface area contributed by atoms with Crippen molar-refractivity contribution >= 4 is 6.03 Å². The molecule has 2 aromatic rings. The van der Waals surface area contributed by atoms with E-state index in [0.29, 0.717) is 0 Å². The highest BCUT2D eigenvalue weighted by Gasteiger charge is 2.14. The van der Waals surface area contributed by atoms with Crippen LogP contribution in [0.2, 0.25) is 0 Å². The number of aryl methyl sites for hydroxylation is 1. The summed E-state index contributed by atoms with van der Waals surface area (Å²) in [5.41, 5.74) is 9.18. The molecule has 0 spiro atoms. The molecule has 0 atom stereocenters. The zero-order chi connectivity index (χ0) is 12.4. The average Bonchev–Trinajstić information content (AvgIpc) is 2.58. The zero-order valence-electron chi connectivity index (χ0n) is 9.97. The van der Waals surface area contributed by atoms with Crippen LogP contribution in [0.3, 0.4) is 0 Å². The highest BCUT2D eigenvalue weighted by Crippen LogP contribution is 2.17. The van der Waals surface area contributed by atoms with Gasteiger partial charge in [0.1, 0.15) is 0 Å². The maximum atomic E-state index is 11.2. The quantitative estimate of drug-likeness (QED) is 0.856. The van der Waals surface area contributed by atoms with E-state index in [9.17, 15) is 4.79 Å². The Kier molecular flexibility index (Phi) is 2.95. The molecule has 1 aromatic heterocycles. The van der Waals surface area contributed by atoms with Crippen molar-refractivity contribution in [3.63, 3.8) is 0 Å². The predicted octanol–water partition coefficient (Wildman–Crippen LogP) is 2.02. The van der Waals surface area contributed by atoms with Crippen LogP contribution in [0.25, 0.3) is 0 Å². The number of benzene rings is 1. The summed E-state index contributed by atoms with van der Waals surface area (Å²) in [5.74, 6) is 0. The first-order chi connectivity index (χ1) is 8.09. The molecule has 0 aliphatic heterocycles. The number of amides is 1. The van der Waals surface area contributed by atoms with Gasteiger partial charge in [0.05, 0.1) is 5.69 Å². The summed E-state index contributed by atoms with van der Waals surface area (Å²) in [7, 11) is 0. The van der Waals surface area contributed by atoms with Crippen LogP contribution in [0.1, 0.15) is 22.5 Å². The molecule has 4 nitrogen and oxygen atoms in total. The van der Waals surface area contributed by atoms with Crippen LogP contribution < -0.4 is 5.73 Å². The van der Waals surface area contributed by atoms with Crippen molar-refractivity contribution in [3.05, 3.63) is 52.8 Å². The number of aromatic nitrogens is 2. The SMILES string of the molecule is Cc1nn(C(N)=O)c(C)c1Cc1ccccc1. The van der Waals surface area contributed by atoms with Crippen molar-refractivity contribution in [2.45, 2.75) is 20.3 Å². The van der Waals surface area contributed by atoms with E-state index in [2.05, 4.69) is 17.2 Å². The third-order valence-electron chi connectivity index (χ3n) is 2.87. The summed E-state index contributed by atoms with van der Waals surface area (Å²) >= 11 is 0. The van der Waals surface area contributed by atoms with E-state index in [0.717, 1.165) is 23.4 Å². The molecule has 2 N–H and O–H groups in total. The van der Waals surface area contributed by atoms with Crippen molar-refractivity contribution in [2.24, 2.45) is 5.73 Å². The first kappa shape index (κ1) is 11.4. The highest BCUT2D eigenvalue weighted by molar-refractivity contribution is 5.75. The molecule has 1 aromatic carbocycles. The van der Waals surface area contributed by atoms with Gasteiger partial charge in [0, 0.05) is 17.7 Å². The number of carbonyl (C=O) groups excluding carboxylic acids is 1. The first-order valence-corrected chi connectivity index (χ1v) is 5.48. The first-order valence-electron chi connectivity index (χ1n) is 5.48. The minimum atomic E-state index is -0.537. The van der Waals surface area contributed by atoms with Gasteiger partial charge in [-0.2, -0.15) is 9.78 Å². The number of hydrogen-bond donors (Lipinski definition) is 1. The molecule has 88 valence electrons. The standard InChI is InChI=1S/C13H15N3O/c1-9-12(8-11-6-4-3-5-7-11)10(2)16(15-9)13(14)17/h3-7H,8H2,1-2H3,(H2,14,17). The lowest BCUT2D eigenvalue weighted by molar-refractivity contribution is 0.247. The van der Waals surface area contributed by atoms with Crippen molar-refractivity contribution in [3.8, 4) is 0 Å². The van der Waals surface area contributed by atoms with E-state index < -0.39 is 6.03 Å². The minimum absolute atomic E-state index is 0.537. The second-order valence-corrected chi connectivity index (χ2v) is 4.06. The summed E-state index contributed by atoms with van der Waals surface area (Å²) in [4.78, 5) is 11.2. The van der Waals surface area contributed by atoms with Gasteiger partial charge in [-0.3, -0.25) is 0 Å². The van der Waals surface area contributed by atoms with E-state index in [1.807, 2.05) is 32.0 Å². The van der Waals surface area contributed by atoms with E-state index in [1.165, 1.54) is 10.2 Å². The van der Waals surface area contributed by atoms with Gasteiger partial charge < -0.3 is 5.73 Å². The molecule has 0 aliphatic carbocycles. The van der Waals surface area contributed by atoms with E-state index in [-0.39, 0.29) is 0 Å². The third-order valence-corrected chi connectivity index (χ3v) is 2.87. The Balaban J connectivity index is 2.37. The van der Waals surface area contributed by atoms with Gasteiger partial charge in [0.25, 0.3) is 0 Å². The summed E-state index contributed by atoms with van der Waals surface area (Å²) in [6.45, 7) is 3.76. The van der Waals surface area contributed by atoms with Crippen molar-refractivity contribution < 1.29 is 4.79 Å². The van der Waals surface area contributed by atoms with Crippen LogP contribution >= 0.6 is 0 Å². The van der Waals surface area contributed by atoms with E-state index in [4.69, 9.17) is 5.73 Å². The van der Waals surface area contributed by atoms with Crippen LogP contribution in [0, 0.1) is 13.8 Å². The topological polar surface area (TPSA) is 60.9 Å². The van der Waals surface area contributed by atoms with Crippen molar-refractivity contribution in [1.29, 1.82) is 0 Å². The number of rotatable bonds is 2. The van der Waals surface area contributed by atoms with Crippen LogP contribution in [0.4, 0.5) is 4.79 Å². The summed E-state index contributed by atoms with van der Waals surface area (Å²) in [6.07, 6.45) is 0.770. The van der Waals surface area contributed by atoms with Gasteiger partial charge in [-0.05, 0) is 19.4 Å². The Bertz CT molecular complexity index is 543. The van der Waals surface area contributed by atoms with Gasteiger partial charge in [-0.25, -0.2) is 4.79 Å². The molecule has 17 heavy (non-hydrogen) atoms. The van der Waals surface area contributed by atoms with Gasteiger partial charge >= 0.3 is 6.03 Å². The average molecular weight is 229 g/mol. The summed E-state index contributed by atoms with van der Waals surface area (Å²) in [6, 6.07) is 9.55. The van der Waals surface area contributed by atoms with Crippen LogP contribution in [-0.2, 0) is 6.42 Å². The van der Waals surface area contributed by atoms with Gasteiger partial charge in [0.2, 0.25) is 0 Å². The number of carbonyl (C=O) groups is 1.